The third-order valence-electron chi connectivity index (χ3n) is 5.57. The molecule has 1 fully saturated rings. The minimum atomic E-state index is -3.45. The number of sulfonamides is 1. The number of carbonyl (C=O) groups excluding carboxylic acids is 1. The fraction of sp³-hybridized carbons (Fsp3) is 0.667. The average molecular weight is 410 g/mol. The molecule has 1 aliphatic carbocycles. The van der Waals surface area contributed by atoms with E-state index in [2.05, 4.69) is 10.6 Å². The molecule has 0 radical (unpaired) electrons. The zero-order chi connectivity index (χ0) is 20.7. The lowest BCUT2D eigenvalue weighted by atomic mass is 9.95. The fourth-order valence-corrected chi connectivity index (χ4v) is 5.22. The zero-order valence-electron chi connectivity index (χ0n) is 17.6. The molecule has 1 aromatic carbocycles. The number of nitrogens with zero attached hydrogens (tertiary/aromatic N) is 1. The van der Waals surface area contributed by atoms with E-state index < -0.39 is 10.0 Å². The summed E-state index contributed by atoms with van der Waals surface area (Å²) in [7, 11) is -3.45. The predicted octanol–water partition coefficient (Wildman–Crippen LogP) is 3.21. The number of amides is 1. The minimum absolute atomic E-state index is 0.0273. The van der Waals surface area contributed by atoms with Crippen LogP contribution in [0.1, 0.15) is 71.4 Å². The number of carbonyl (C=O) groups is 1. The Morgan fingerprint density at radius 3 is 2.18 bits per heavy atom. The van der Waals surface area contributed by atoms with Crippen LogP contribution in [0.4, 0.5) is 0 Å². The third-order valence-corrected chi connectivity index (χ3v) is 7.63. The summed E-state index contributed by atoms with van der Waals surface area (Å²) in [6, 6.07) is 6.86. The van der Waals surface area contributed by atoms with Crippen molar-refractivity contribution in [3.8, 4) is 0 Å². The molecule has 0 saturated heterocycles. The van der Waals surface area contributed by atoms with Gasteiger partial charge in [0.2, 0.25) is 15.9 Å². The molecule has 1 aliphatic rings. The number of rotatable bonds is 9. The van der Waals surface area contributed by atoms with E-state index in [1.807, 2.05) is 39.8 Å². The van der Waals surface area contributed by atoms with Gasteiger partial charge < -0.3 is 5.32 Å². The standard InChI is InChI=1S/C21H35N3O3S/c1-5-24(6-2)28(26,27)20-14-12-18(13-15-20)16(3)22-17(4)21(25)23-19-10-8-7-9-11-19/h12-17,19,22H,5-11H2,1-4H3,(H,23,25)/t16-,17+/m1/s1. The quantitative estimate of drug-likeness (QED) is 0.656. The van der Waals surface area contributed by atoms with Crippen molar-refractivity contribution in [1.82, 2.24) is 14.9 Å². The lowest BCUT2D eigenvalue weighted by molar-refractivity contribution is -0.123. The summed E-state index contributed by atoms with van der Waals surface area (Å²) in [4.78, 5) is 12.7. The highest BCUT2D eigenvalue weighted by Gasteiger charge is 2.23. The molecule has 2 atom stereocenters. The average Bonchev–Trinajstić information content (AvgIpc) is 2.69. The normalized spacial score (nSPS) is 18.0. The van der Waals surface area contributed by atoms with Gasteiger partial charge in [-0.3, -0.25) is 10.1 Å². The van der Waals surface area contributed by atoms with E-state index in [-0.39, 0.29) is 18.0 Å². The summed E-state index contributed by atoms with van der Waals surface area (Å²) in [5, 5.41) is 6.46. The van der Waals surface area contributed by atoms with E-state index in [9.17, 15) is 13.2 Å². The van der Waals surface area contributed by atoms with Crippen molar-refractivity contribution in [3.05, 3.63) is 29.8 Å². The molecule has 2 N–H and O–H groups in total. The van der Waals surface area contributed by atoms with Crippen LogP contribution < -0.4 is 10.6 Å². The summed E-state index contributed by atoms with van der Waals surface area (Å²) in [5.74, 6) is 0.0273. The van der Waals surface area contributed by atoms with Crippen LogP contribution in [0, 0.1) is 0 Å². The van der Waals surface area contributed by atoms with Crippen molar-refractivity contribution < 1.29 is 13.2 Å². The topological polar surface area (TPSA) is 78.5 Å². The molecule has 2 rings (SSSR count). The summed E-state index contributed by atoms with van der Waals surface area (Å²) in [6.07, 6.45) is 5.77. The number of nitrogens with one attached hydrogen (secondary N) is 2. The molecule has 158 valence electrons. The molecule has 1 amide bonds. The van der Waals surface area contributed by atoms with Crippen LogP contribution in [0.2, 0.25) is 0 Å². The Kier molecular flexibility index (Phi) is 8.46. The summed E-state index contributed by atoms with van der Waals surface area (Å²) in [6.45, 7) is 8.42. The van der Waals surface area contributed by atoms with Gasteiger partial charge in [0.05, 0.1) is 10.9 Å². The molecular formula is C21H35N3O3S. The van der Waals surface area contributed by atoms with E-state index in [1.54, 1.807) is 12.1 Å². The van der Waals surface area contributed by atoms with Crippen molar-refractivity contribution in [2.24, 2.45) is 0 Å². The van der Waals surface area contributed by atoms with Crippen LogP contribution >= 0.6 is 0 Å². The van der Waals surface area contributed by atoms with Crippen molar-refractivity contribution in [1.29, 1.82) is 0 Å². The molecular weight excluding hydrogens is 374 g/mol. The van der Waals surface area contributed by atoms with Gasteiger partial charge in [-0.15, -0.1) is 0 Å². The summed E-state index contributed by atoms with van der Waals surface area (Å²) in [5.41, 5.74) is 0.954. The number of benzene rings is 1. The van der Waals surface area contributed by atoms with Gasteiger partial charge in [0, 0.05) is 25.2 Å². The maximum absolute atomic E-state index is 12.6. The van der Waals surface area contributed by atoms with Crippen molar-refractivity contribution in [3.63, 3.8) is 0 Å². The van der Waals surface area contributed by atoms with Gasteiger partial charge >= 0.3 is 0 Å². The van der Waals surface area contributed by atoms with Gasteiger partial charge in [0.1, 0.15) is 0 Å². The molecule has 0 bridgehead atoms. The van der Waals surface area contributed by atoms with Crippen LogP contribution in [0.25, 0.3) is 0 Å². The SMILES string of the molecule is CCN(CC)S(=O)(=O)c1ccc([C@@H](C)N[C@@H](C)C(=O)NC2CCCCC2)cc1. The van der Waals surface area contributed by atoms with Gasteiger partial charge in [-0.1, -0.05) is 45.2 Å². The largest absolute Gasteiger partial charge is 0.352 e. The van der Waals surface area contributed by atoms with Gasteiger partial charge in [0.15, 0.2) is 0 Å². The summed E-state index contributed by atoms with van der Waals surface area (Å²) < 4.78 is 26.6. The Labute approximate surface area is 170 Å². The highest BCUT2D eigenvalue weighted by Crippen LogP contribution is 2.20. The lowest BCUT2D eigenvalue weighted by Crippen LogP contribution is -2.47. The van der Waals surface area contributed by atoms with Crippen LogP contribution in [-0.2, 0) is 14.8 Å². The Hall–Kier alpha value is -1.44. The first-order valence-electron chi connectivity index (χ1n) is 10.5. The first-order chi connectivity index (χ1) is 13.3. The highest BCUT2D eigenvalue weighted by atomic mass is 32.2. The highest BCUT2D eigenvalue weighted by molar-refractivity contribution is 7.89. The van der Waals surface area contributed by atoms with Crippen LogP contribution in [0.3, 0.4) is 0 Å². The summed E-state index contributed by atoms with van der Waals surface area (Å²) >= 11 is 0. The smallest absolute Gasteiger partial charge is 0.243 e. The first-order valence-corrected chi connectivity index (χ1v) is 11.9. The molecule has 0 aliphatic heterocycles. The van der Waals surface area contributed by atoms with Gasteiger partial charge in [-0.05, 0) is 44.4 Å². The van der Waals surface area contributed by atoms with Crippen LogP contribution in [-0.4, -0.2) is 43.8 Å². The van der Waals surface area contributed by atoms with Crippen molar-refractivity contribution in [2.75, 3.05) is 13.1 Å². The number of hydrogen-bond donors (Lipinski definition) is 2. The van der Waals surface area contributed by atoms with E-state index in [0.29, 0.717) is 24.0 Å². The zero-order valence-corrected chi connectivity index (χ0v) is 18.4. The molecule has 6 nitrogen and oxygen atoms in total. The molecule has 28 heavy (non-hydrogen) atoms. The van der Waals surface area contributed by atoms with Gasteiger partial charge in [-0.2, -0.15) is 4.31 Å². The Morgan fingerprint density at radius 2 is 1.64 bits per heavy atom. The molecule has 0 aromatic heterocycles. The van der Waals surface area contributed by atoms with Crippen molar-refractivity contribution in [2.45, 2.75) is 82.8 Å². The first kappa shape index (κ1) is 22.8. The Balaban J connectivity index is 1.96. The molecule has 0 heterocycles. The Morgan fingerprint density at radius 1 is 1.07 bits per heavy atom. The van der Waals surface area contributed by atoms with Crippen LogP contribution in [0.5, 0.6) is 0 Å². The Bertz CT molecular complexity index is 724. The van der Waals surface area contributed by atoms with E-state index in [4.69, 9.17) is 0 Å². The second kappa shape index (κ2) is 10.4. The van der Waals surface area contributed by atoms with Gasteiger partial charge in [0.25, 0.3) is 0 Å². The van der Waals surface area contributed by atoms with E-state index in [0.717, 1.165) is 18.4 Å². The molecule has 7 heteroatoms. The van der Waals surface area contributed by atoms with E-state index >= 15 is 0 Å². The second-order valence-electron chi connectivity index (χ2n) is 7.61. The third kappa shape index (κ3) is 5.78. The minimum Gasteiger partial charge on any atom is -0.352 e. The van der Waals surface area contributed by atoms with Gasteiger partial charge in [-0.25, -0.2) is 8.42 Å². The van der Waals surface area contributed by atoms with E-state index in [1.165, 1.54) is 23.6 Å². The monoisotopic (exact) mass is 409 g/mol. The predicted molar refractivity (Wildman–Crippen MR) is 113 cm³/mol. The maximum atomic E-state index is 12.6. The number of hydrogen-bond acceptors (Lipinski definition) is 4. The maximum Gasteiger partial charge on any atom is 0.243 e. The molecule has 0 unspecified atom stereocenters. The second-order valence-corrected chi connectivity index (χ2v) is 9.55. The van der Waals surface area contributed by atoms with Crippen LogP contribution in [0.15, 0.2) is 29.2 Å². The van der Waals surface area contributed by atoms with Crippen molar-refractivity contribution >= 4 is 15.9 Å². The molecule has 0 spiro atoms. The fourth-order valence-electron chi connectivity index (χ4n) is 3.76. The molecule has 1 saturated carbocycles. The lowest BCUT2D eigenvalue weighted by Gasteiger charge is -2.26. The molecule has 1 aromatic rings.